The van der Waals surface area contributed by atoms with Gasteiger partial charge in [-0.15, -0.1) is 0 Å². The zero-order valence-corrected chi connectivity index (χ0v) is 14.6. The molecule has 8 nitrogen and oxygen atoms in total. The minimum atomic E-state index is -0.946. The zero-order valence-electron chi connectivity index (χ0n) is 14.6. The molecule has 1 aromatic carbocycles. The highest BCUT2D eigenvalue weighted by atomic mass is 16.5. The Morgan fingerprint density at radius 3 is 2.73 bits per heavy atom. The molecule has 2 aliphatic rings. The Labute approximate surface area is 151 Å². The van der Waals surface area contributed by atoms with E-state index in [1.54, 1.807) is 0 Å². The fourth-order valence-corrected chi connectivity index (χ4v) is 3.41. The van der Waals surface area contributed by atoms with Gasteiger partial charge >= 0.3 is 6.09 Å². The number of fused-ring (bicyclic) bond motifs is 1. The summed E-state index contributed by atoms with van der Waals surface area (Å²) in [5.74, 6) is 1.39. The lowest BCUT2D eigenvalue weighted by Gasteiger charge is -2.35. The number of amides is 1. The summed E-state index contributed by atoms with van der Waals surface area (Å²) in [4.78, 5) is 24.5. The van der Waals surface area contributed by atoms with Crippen LogP contribution in [0.5, 0.6) is 0 Å². The SMILES string of the molecule is CC1COCCN1c1nc(-c2ccc(N)cc2)nc2c1CN(C(=O)O)C2. The van der Waals surface area contributed by atoms with Crippen LogP contribution >= 0.6 is 0 Å². The number of ether oxygens (including phenoxy) is 1. The Hall–Kier alpha value is -2.87. The van der Waals surface area contributed by atoms with Gasteiger partial charge in [0.25, 0.3) is 0 Å². The van der Waals surface area contributed by atoms with E-state index in [2.05, 4.69) is 16.8 Å². The van der Waals surface area contributed by atoms with Gasteiger partial charge in [0.05, 0.1) is 38.0 Å². The number of nitrogens with two attached hydrogens (primary N) is 1. The number of hydrogen-bond donors (Lipinski definition) is 2. The van der Waals surface area contributed by atoms with Crippen LogP contribution in [-0.2, 0) is 17.8 Å². The van der Waals surface area contributed by atoms with E-state index in [0.717, 1.165) is 29.2 Å². The normalized spacial score (nSPS) is 19.5. The van der Waals surface area contributed by atoms with E-state index < -0.39 is 6.09 Å². The van der Waals surface area contributed by atoms with E-state index in [1.165, 1.54) is 4.90 Å². The third-order valence-electron chi connectivity index (χ3n) is 4.84. The van der Waals surface area contributed by atoms with Gasteiger partial charge in [-0.2, -0.15) is 0 Å². The van der Waals surface area contributed by atoms with Crippen molar-refractivity contribution in [2.75, 3.05) is 30.4 Å². The van der Waals surface area contributed by atoms with Gasteiger partial charge in [-0.25, -0.2) is 14.8 Å². The molecule has 1 aromatic heterocycles. The third kappa shape index (κ3) is 2.92. The molecule has 136 valence electrons. The first-order valence-electron chi connectivity index (χ1n) is 8.61. The fourth-order valence-electron chi connectivity index (χ4n) is 3.41. The Morgan fingerprint density at radius 1 is 1.27 bits per heavy atom. The van der Waals surface area contributed by atoms with Gasteiger partial charge in [-0.1, -0.05) is 0 Å². The van der Waals surface area contributed by atoms with Crippen molar-refractivity contribution in [1.82, 2.24) is 14.9 Å². The van der Waals surface area contributed by atoms with Gasteiger partial charge in [0.15, 0.2) is 5.82 Å². The van der Waals surface area contributed by atoms with Crippen LogP contribution in [0.3, 0.4) is 0 Å². The molecule has 26 heavy (non-hydrogen) atoms. The zero-order chi connectivity index (χ0) is 18.3. The highest BCUT2D eigenvalue weighted by molar-refractivity contribution is 5.69. The van der Waals surface area contributed by atoms with Crippen LogP contribution in [0.4, 0.5) is 16.3 Å². The van der Waals surface area contributed by atoms with Crippen LogP contribution in [0.1, 0.15) is 18.2 Å². The van der Waals surface area contributed by atoms with Crippen molar-refractivity contribution < 1.29 is 14.6 Å². The molecule has 4 rings (SSSR count). The van der Waals surface area contributed by atoms with Crippen LogP contribution in [0.15, 0.2) is 24.3 Å². The smallest absolute Gasteiger partial charge is 0.407 e. The molecular formula is C18H21N5O3. The number of anilines is 2. The van der Waals surface area contributed by atoms with Crippen LogP contribution in [0.25, 0.3) is 11.4 Å². The van der Waals surface area contributed by atoms with Crippen LogP contribution < -0.4 is 10.6 Å². The summed E-state index contributed by atoms with van der Waals surface area (Å²) in [6.45, 7) is 4.65. The molecule has 0 radical (unpaired) electrons. The maximum absolute atomic E-state index is 11.4. The van der Waals surface area contributed by atoms with Crippen molar-refractivity contribution in [3.05, 3.63) is 35.5 Å². The minimum Gasteiger partial charge on any atom is -0.465 e. The van der Waals surface area contributed by atoms with Gasteiger partial charge in [0.1, 0.15) is 5.82 Å². The van der Waals surface area contributed by atoms with Crippen LogP contribution in [-0.4, -0.2) is 51.9 Å². The number of carbonyl (C=O) groups is 1. The lowest BCUT2D eigenvalue weighted by Crippen LogP contribution is -2.44. The number of hydrogen-bond acceptors (Lipinski definition) is 6. The number of aromatic nitrogens is 2. The fraction of sp³-hybridized carbons (Fsp3) is 0.389. The number of morpholine rings is 1. The Bertz CT molecular complexity index is 839. The maximum atomic E-state index is 11.4. The van der Waals surface area contributed by atoms with Gasteiger partial charge in [0.2, 0.25) is 0 Å². The maximum Gasteiger partial charge on any atom is 0.407 e. The number of rotatable bonds is 2. The predicted molar refractivity (Wildman–Crippen MR) is 96.8 cm³/mol. The summed E-state index contributed by atoms with van der Waals surface area (Å²) in [6.07, 6.45) is -0.946. The highest BCUT2D eigenvalue weighted by Gasteiger charge is 2.32. The Balaban J connectivity index is 1.81. The number of nitrogen functional groups attached to an aromatic ring is 1. The van der Waals surface area contributed by atoms with Crippen molar-refractivity contribution in [3.8, 4) is 11.4 Å². The van der Waals surface area contributed by atoms with Gasteiger partial charge < -0.3 is 20.5 Å². The largest absolute Gasteiger partial charge is 0.465 e. The van der Waals surface area contributed by atoms with Crippen LogP contribution in [0, 0.1) is 0 Å². The molecule has 2 aliphatic heterocycles. The molecule has 3 heterocycles. The Kier molecular flexibility index (Phi) is 4.12. The van der Waals surface area contributed by atoms with Gasteiger partial charge in [-0.05, 0) is 31.2 Å². The Morgan fingerprint density at radius 2 is 2.04 bits per heavy atom. The average Bonchev–Trinajstić information content (AvgIpc) is 3.07. The van der Waals surface area contributed by atoms with Crippen molar-refractivity contribution in [3.63, 3.8) is 0 Å². The molecule has 1 atom stereocenters. The summed E-state index contributed by atoms with van der Waals surface area (Å²) in [5, 5.41) is 9.39. The summed E-state index contributed by atoms with van der Waals surface area (Å²) >= 11 is 0. The highest BCUT2D eigenvalue weighted by Crippen LogP contribution is 2.33. The van der Waals surface area contributed by atoms with E-state index in [1.807, 2.05) is 24.3 Å². The summed E-state index contributed by atoms with van der Waals surface area (Å²) in [5.41, 5.74) is 8.97. The second-order valence-corrected chi connectivity index (χ2v) is 6.67. The molecule has 2 aromatic rings. The predicted octanol–water partition coefficient (Wildman–Crippen LogP) is 1.94. The number of benzene rings is 1. The van der Waals surface area contributed by atoms with Crippen molar-refractivity contribution >= 4 is 17.6 Å². The molecular weight excluding hydrogens is 334 g/mol. The first kappa shape index (κ1) is 16.6. The summed E-state index contributed by atoms with van der Waals surface area (Å²) in [6, 6.07) is 7.56. The molecule has 1 amide bonds. The number of carboxylic acid groups (broad SMARTS) is 1. The van der Waals surface area contributed by atoms with Gasteiger partial charge in [0, 0.05) is 23.4 Å². The minimum absolute atomic E-state index is 0.167. The van der Waals surface area contributed by atoms with E-state index in [4.69, 9.17) is 15.5 Å². The topological polar surface area (TPSA) is 105 Å². The van der Waals surface area contributed by atoms with Crippen molar-refractivity contribution in [1.29, 1.82) is 0 Å². The average molecular weight is 355 g/mol. The van der Waals surface area contributed by atoms with Crippen molar-refractivity contribution in [2.45, 2.75) is 26.1 Å². The quantitative estimate of drug-likeness (QED) is 0.793. The second-order valence-electron chi connectivity index (χ2n) is 6.67. The molecule has 1 unspecified atom stereocenters. The lowest BCUT2D eigenvalue weighted by molar-refractivity contribution is 0.0983. The lowest BCUT2D eigenvalue weighted by atomic mass is 10.1. The molecule has 8 heteroatoms. The van der Waals surface area contributed by atoms with E-state index in [-0.39, 0.29) is 12.6 Å². The van der Waals surface area contributed by atoms with E-state index in [0.29, 0.717) is 31.3 Å². The van der Waals surface area contributed by atoms with Crippen LogP contribution in [0.2, 0.25) is 0 Å². The monoisotopic (exact) mass is 355 g/mol. The summed E-state index contributed by atoms with van der Waals surface area (Å²) in [7, 11) is 0. The molecule has 0 saturated carbocycles. The summed E-state index contributed by atoms with van der Waals surface area (Å²) < 4.78 is 5.54. The molecule has 0 aliphatic carbocycles. The third-order valence-corrected chi connectivity index (χ3v) is 4.84. The standard InChI is InChI=1S/C18H21N5O3/c1-11-10-26-7-6-23(11)17-14-8-22(18(24)25)9-15(14)20-16(21-17)12-2-4-13(19)5-3-12/h2-5,11H,6-10,19H2,1H3,(H,24,25). The van der Waals surface area contributed by atoms with Gasteiger partial charge in [-0.3, -0.25) is 4.90 Å². The first-order valence-corrected chi connectivity index (χ1v) is 8.61. The number of nitrogens with zero attached hydrogens (tertiary/aromatic N) is 4. The molecule has 3 N–H and O–H groups in total. The molecule has 1 saturated heterocycles. The second kappa shape index (κ2) is 6.45. The molecule has 0 spiro atoms. The first-order chi connectivity index (χ1) is 12.5. The van der Waals surface area contributed by atoms with E-state index in [9.17, 15) is 9.90 Å². The molecule has 0 bridgehead atoms. The van der Waals surface area contributed by atoms with Crippen molar-refractivity contribution in [2.24, 2.45) is 0 Å². The molecule has 1 fully saturated rings. The van der Waals surface area contributed by atoms with E-state index >= 15 is 0 Å².